The van der Waals surface area contributed by atoms with Crippen molar-refractivity contribution < 1.29 is 19.1 Å². The van der Waals surface area contributed by atoms with Crippen molar-refractivity contribution in [3.63, 3.8) is 0 Å². The molecule has 30 heavy (non-hydrogen) atoms. The molecule has 0 radical (unpaired) electrons. The highest BCUT2D eigenvalue weighted by atomic mass is 16.5. The lowest BCUT2D eigenvalue weighted by molar-refractivity contribution is -0.133. The summed E-state index contributed by atoms with van der Waals surface area (Å²) in [6.45, 7) is 3.94. The highest BCUT2D eigenvalue weighted by Crippen LogP contribution is 2.38. The van der Waals surface area contributed by atoms with Gasteiger partial charge in [0, 0.05) is 5.39 Å². The van der Waals surface area contributed by atoms with Gasteiger partial charge in [0.25, 0.3) is 5.91 Å². The van der Waals surface area contributed by atoms with Crippen molar-refractivity contribution in [3.8, 4) is 0 Å². The molecule has 1 N–H and O–H groups in total. The van der Waals surface area contributed by atoms with Crippen LogP contribution in [-0.2, 0) is 16.1 Å². The molecule has 1 aliphatic carbocycles. The first-order chi connectivity index (χ1) is 14.4. The van der Waals surface area contributed by atoms with E-state index in [2.05, 4.69) is 17.2 Å². The average Bonchev–Trinajstić information content (AvgIpc) is 2.98. The standard InChI is InChI=1S/C23H27N3O4/c1-4-15-9-11-23(12-10-15)21(28)26(22(29)25-23)13-18-19(20(27)30-3)14(2)16-7-5-6-8-17(16)24-18/h5-8,15H,4,9-13H2,1-3H3,(H,25,29). The number of fused-ring (bicyclic) bond motifs is 1. The summed E-state index contributed by atoms with van der Waals surface area (Å²) in [5.41, 5.74) is 1.31. The molecule has 4 rings (SSSR count). The number of nitrogens with one attached hydrogen (secondary N) is 1. The number of hydrogen-bond acceptors (Lipinski definition) is 5. The molecule has 2 heterocycles. The Morgan fingerprint density at radius 1 is 1.27 bits per heavy atom. The van der Waals surface area contributed by atoms with Crippen LogP contribution < -0.4 is 5.32 Å². The molecule has 1 aromatic carbocycles. The molecule has 2 aliphatic rings. The Labute approximate surface area is 175 Å². The second kappa shape index (κ2) is 7.70. The molecule has 1 saturated heterocycles. The Kier molecular flexibility index (Phi) is 5.22. The van der Waals surface area contributed by atoms with E-state index < -0.39 is 17.5 Å². The molecule has 1 saturated carbocycles. The van der Waals surface area contributed by atoms with E-state index in [1.165, 1.54) is 12.0 Å². The molecule has 158 valence electrons. The quantitative estimate of drug-likeness (QED) is 0.614. The second-order valence-corrected chi connectivity index (χ2v) is 8.32. The first kappa shape index (κ1) is 20.3. The van der Waals surface area contributed by atoms with Crippen LogP contribution in [0.3, 0.4) is 0 Å². The Morgan fingerprint density at radius 3 is 2.63 bits per heavy atom. The monoisotopic (exact) mass is 409 g/mol. The van der Waals surface area contributed by atoms with E-state index >= 15 is 0 Å². The third kappa shape index (κ3) is 3.22. The van der Waals surface area contributed by atoms with Gasteiger partial charge in [-0.15, -0.1) is 0 Å². The van der Waals surface area contributed by atoms with Crippen molar-refractivity contribution in [1.29, 1.82) is 0 Å². The second-order valence-electron chi connectivity index (χ2n) is 8.32. The van der Waals surface area contributed by atoms with Gasteiger partial charge in [0.05, 0.1) is 30.4 Å². The third-order valence-corrected chi connectivity index (χ3v) is 6.71. The lowest BCUT2D eigenvalue weighted by Crippen LogP contribution is -2.49. The van der Waals surface area contributed by atoms with Gasteiger partial charge in [-0.1, -0.05) is 31.5 Å². The van der Waals surface area contributed by atoms with Gasteiger partial charge in [-0.2, -0.15) is 0 Å². The van der Waals surface area contributed by atoms with E-state index in [0.717, 1.165) is 30.2 Å². The number of pyridine rings is 1. The number of amides is 3. The van der Waals surface area contributed by atoms with Gasteiger partial charge in [0.1, 0.15) is 5.54 Å². The van der Waals surface area contributed by atoms with Crippen LogP contribution in [0.5, 0.6) is 0 Å². The largest absolute Gasteiger partial charge is 0.465 e. The molecule has 1 aromatic heterocycles. The predicted molar refractivity (Wildman–Crippen MR) is 112 cm³/mol. The summed E-state index contributed by atoms with van der Waals surface area (Å²) >= 11 is 0. The zero-order valence-corrected chi connectivity index (χ0v) is 17.7. The number of hydrogen-bond donors (Lipinski definition) is 1. The molecule has 3 amide bonds. The van der Waals surface area contributed by atoms with E-state index in [4.69, 9.17) is 4.74 Å². The topological polar surface area (TPSA) is 88.6 Å². The van der Waals surface area contributed by atoms with Gasteiger partial charge in [0.2, 0.25) is 0 Å². The van der Waals surface area contributed by atoms with Crippen molar-refractivity contribution in [2.45, 2.75) is 58.0 Å². The Hall–Kier alpha value is -2.96. The van der Waals surface area contributed by atoms with Crippen LogP contribution >= 0.6 is 0 Å². The smallest absolute Gasteiger partial charge is 0.340 e. The first-order valence-electron chi connectivity index (χ1n) is 10.5. The molecule has 1 spiro atoms. The van der Waals surface area contributed by atoms with Crippen LogP contribution in [0.15, 0.2) is 24.3 Å². The third-order valence-electron chi connectivity index (χ3n) is 6.71. The number of nitrogens with zero attached hydrogens (tertiary/aromatic N) is 2. The van der Waals surface area contributed by atoms with Gasteiger partial charge < -0.3 is 10.1 Å². The van der Waals surface area contributed by atoms with E-state index in [-0.39, 0.29) is 12.5 Å². The number of carbonyl (C=O) groups excluding carboxylic acids is 3. The molecular weight excluding hydrogens is 382 g/mol. The average molecular weight is 409 g/mol. The van der Waals surface area contributed by atoms with Crippen LogP contribution in [0, 0.1) is 12.8 Å². The molecule has 0 bridgehead atoms. The van der Waals surface area contributed by atoms with Crippen molar-refractivity contribution in [2.24, 2.45) is 5.92 Å². The number of ether oxygens (including phenoxy) is 1. The SMILES string of the molecule is CCC1CCC2(CC1)NC(=O)N(Cc1nc3ccccc3c(C)c1C(=O)OC)C2=O. The number of aromatic nitrogens is 1. The van der Waals surface area contributed by atoms with Crippen molar-refractivity contribution >= 4 is 28.8 Å². The van der Waals surface area contributed by atoms with Crippen molar-refractivity contribution in [2.75, 3.05) is 7.11 Å². The summed E-state index contributed by atoms with van der Waals surface area (Å²) in [5.74, 6) is -0.137. The fraction of sp³-hybridized carbons (Fsp3) is 0.478. The number of aryl methyl sites for hydroxylation is 1. The van der Waals surface area contributed by atoms with Crippen LogP contribution in [-0.4, -0.2) is 40.4 Å². The van der Waals surface area contributed by atoms with Crippen molar-refractivity contribution in [1.82, 2.24) is 15.2 Å². The summed E-state index contributed by atoms with van der Waals surface area (Å²) in [4.78, 5) is 44.4. The van der Waals surface area contributed by atoms with E-state index in [0.29, 0.717) is 35.5 Å². The number of methoxy groups -OCH3 is 1. The Balaban J connectivity index is 1.69. The number of benzene rings is 1. The molecule has 7 nitrogen and oxygen atoms in total. The van der Waals surface area contributed by atoms with Gasteiger partial charge in [-0.05, 0) is 50.2 Å². The maximum absolute atomic E-state index is 13.3. The first-order valence-corrected chi connectivity index (χ1v) is 10.5. The van der Waals surface area contributed by atoms with Gasteiger partial charge >= 0.3 is 12.0 Å². The highest BCUT2D eigenvalue weighted by Gasteiger charge is 2.52. The molecule has 1 aliphatic heterocycles. The number of carbonyl (C=O) groups is 3. The van der Waals surface area contributed by atoms with Gasteiger partial charge in [0.15, 0.2) is 0 Å². The maximum Gasteiger partial charge on any atom is 0.340 e. The zero-order chi connectivity index (χ0) is 21.5. The Morgan fingerprint density at radius 2 is 1.97 bits per heavy atom. The summed E-state index contributed by atoms with van der Waals surface area (Å²) in [7, 11) is 1.32. The zero-order valence-electron chi connectivity index (χ0n) is 17.7. The maximum atomic E-state index is 13.3. The number of imide groups is 1. The van der Waals surface area contributed by atoms with Crippen LogP contribution in [0.2, 0.25) is 0 Å². The van der Waals surface area contributed by atoms with Crippen LogP contribution in [0.25, 0.3) is 10.9 Å². The highest BCUT2D eigenvalue weighted by molar-refractivity contribution is 6.07. The van der Waals surface area contributed by atoms with Crippen LogP contribution in [0.1, 0.15) is 60.6 Å². The summed E-state index contributed by atoms with van der Waals surface area (Å²) in [6, 6.07) is 7.07. The number of esters is 1. The molecule has 2 fully saturated rings. The fourth-order valence-corrected chi connectivity index (χ4v) is 4.82. The van der Waals surface area contributed by atoms with Crippen molar-refractivity contribution in [3.05, 3.63) is 41.1 Å². The van der Waals surface area contributed by atoms with E-state index in [1.807, 2.05) is 31.2 Å². The number of para-hydroxylation sites is 1. The van der Waals surface area contributed by atoms with Gasteiger partial charge in [-0.3, -0.25) is 9.69 Å². The lowest BCUT2D eigenvalue weighted by Gasteiger charge is -2.34. The minimum atomic E-state index is -0.819. The fourth-order valence-electron chi connectivity index (χ4n) is 4.82. The molecule has 2 aromatic rings. The van der Waals surface area contributed by atoms with E-state index in [9.17, 15) is 14.4 Å². The predicted octanol–water partition coefficient (Wildman–Crippen LogP) is 3.72. The minimum Gasteiger partial charge on any atom is -0.465 e. The molecule has 7 heteroatoms. The molecular formula is C23H27N3O4. The summed E-state index contributed by atoms with van der Waals surface area (Å²) < 4.78 is 4.98. The summed E-state index contributed by atoms with van der Waals surface area (Å²) in [6.07, 6.45) is 4.25. The number of rotatable bonds is 4. The normalized spacial score (nSPS) is 23.8. The lowest BCUT2D eigenvalue weighted by atomic mass is 9.75. The molecule has 0 unspecified atom stereocenters. The summed E-state index contributed by atoms with van der Waals surface area (Å²) in [5, 5.41) is 3.78. The van der Waals surface area contributed by atoms with Gasteiger partial charge in [-0.25, -0.2) is 14.6 Å². The Bertz CT molecular complexity index is 1020. The molecule has 0 atom stereocenters. The van der Waals surface area contributed by atoms with E-state index in [1.54, 1.807) is 0 Å². The van der Waals surface area contributed by atoms with Crippen LogP contribution in [0.4, 0.5) is 4.79 Å². The minimum absolute atomic E-state index is 0.0558. The number of urea groups is 1.